The number of nitrogens with one attached hydrogen (secondary N) is 1. The minimum Gasteiger partial charge on any atom is -0.493 e. The Bertz CT molecular complexity index is 1080. The number of hydrogen-bond donors (Lipinski definition) is 2. The predicted molar refractivity (Wildman–Crippen MR) is 115 cm³/mol. The zero-order valence-electron chi connectivity index (χ0n) is 16.7. The fourth-order valence-corrected chi connectivity index (χ4v) is 3.35. The molecule has 1 aromatic heterocycles. The third kappa shape index (κ3) is 4.71. The molecule has 0 unspecified atom stereocenters. The Morgan fingerprint density at radius 1 is 1.10 bits per heavy atom. The van der Waals surface area contributed by atoms with Crippen LogP contribution in [-0.2, 0) is 4.79 Å². The van der Waals surface area contributed by atoms with Crippen LogP contribution in [-0.4, -0.2) is 46.5 Å². The zero-order chi connectivity index (χ0) is 21.7. The normalized spacial score (nSPS) is 10.5. The van der Waals surface area contributed by atoms with Crippen LogP contribution in [0.15, 0.2) is 47.6 Å². The Morgan fingerprint density at radius 3 is 2.57 bits per heavy atom. The molecule has 0 aliphatic rings. The van der Waals surface area contributed by atoms with Gasteiger partial charge in [-0.3, -0.25) is 9.59 Å². The number of aromatic nitrogens is 3. The molecule has 0 fully saturated rings. The van der Waals surface area contributed by atoms with Crippen molar-refractivity contribution in [1.29, 1.82) is 0 Å². The molecule has 0 atom stereocenters. The maximum absolute atomic E-state index is 12.3. The fraction of sp³-hybridized carbons (Fsp3) is 0.200. The second-order valence-electron chi connectivity index (χ2n) is 6.22. The van der Waals surface area contributed by atoms with Gasteiger partial charge in [0.25, 0.3) is 0 Å². The number of ketones is 1. The summed E-state index contributed by atoms with van der Waals surface area (Å²) in [4.78, 5) is 23.7. The van der Waals surface area contributed by atoms with Crippen molar-refractivity contribution in [3.8, 4) is 22.9 Å². The molecule has 30 heavy (non-hydrogen) atoms. The number of hydrogen-bond acceptors (Lipinski definition) is 8. The number of ether oxygens (including phenoxy) is 2. The van der Waals surface area contributed by atoms with Crippen LogP contribution >= 0.6 is 11.8 Å². The van der Waals surface area contributed by atoms with Crippen molar-refractivity contribution in [1.82, 2.24) is 14.9 Å². The highest BCUT2D eigenvalue weighted by atomic mass is 32.2. The lowest BCUT2D eigenvalue weighted by molar-refractivity contribution is -0.113. The van der Waals surface area contributed by atoms with E-state index in [2.05, 4.69) is 15.5 Å². The summed E-state index contributed by atoms with van der Waals surface area (Å²) in [6, 6.07) is 12.0. The van der Waals surface area contributed by atoms with Crippen LogP contribution in [0.2, 0.25) is 0 Å². The number of anilines is 1. The third-order valence-corrected chi connectivity index (χ3v) is 5.13. The molecule has 0 saturated heterocycles. The van der Waals surface area contributed by atoms with Crippen molar-refractivity contribution >= 4 is 29.1 Å². The number of nitrogen functional groups attached to an aromatic ring is 1. The average molecular weight is 427 g/mol. The molecule has 0 bridgehead atoms. The van der Waals surface area contributed by atoms with Crippen molar-refractivity contribution in [2.45, 2.75) is 12.1 Å². The van der Waals surface area contributed by atoms with E-state index >= 15 is 0 Å². The number of amides is 1. The zero-order valence-corrected chi connectivity index (χ0v) is 17.5. The van der Waals surface area contributed by atoms with Crippen LogP contribution in [0.5, 0.6) is 11.5 Å². The van der Waals surface area contributed by atoms with E-state index in [1.165, 1.54) is 11.6 Å². The first-order chi connectivity index (χ1) is 14.4. The molecule has 2 aromatic carbocycles. The monoisotopic (exact) mass is 427 g/mol. The molecule has 3 N–H and O–H groups in total. The summed E-state index contributed by atoms with van der Waals surface area (Å²) in [6.07, 6.45) is 0. The molecule has 0 radical (unpaired) electrons. The van der Waals surface area contributed by atoms with Gasteiger partial charge in [-0.25, -0.2) is 4.68 Å². The Labute approximate surface area is 177 Å². The minimum atomic E-state index is -0.253. The van der Waals surface area contributed by atoms with Gasteiger partial charge < -0.3 is 20.6 Å². The van der Waals surface area contributed by atoms with Crippen LogP contribution < -0.4 is 20.6 Å². The number of methoxy groups -OCH3 is 2. The van der Waals surface area contributed by atoms with Crippen molar-refractivity contribution < 1.29 is 19.1 Å². The molecule has 10 heteroatoms. The Morgan fingerprint density at radius 2 is 1.87 bits per heavy atom. The van der Waals surface area contributed by atoms with Gasteiger partial charge in [0, 0.05) is 16.8 Å². The Hall–Kier alpha value is -3.53. The minimum absolute atomic E-state index is 0.0700. The van der Waals surface area contributed by atoms with Gasteiger partial charge in [-0.2, -0.15) is 0 Å². The highest BCUT2D eigenvalue weighted by Crippen LogP contribution is 2.32. The highest BCUT2D eigenvalue weighted by Gasteiger charge is 2.16. The van der Waals surface area contributed by atoms with E-state index in [1.807, 2.05) is 0 Å². The van der Waals surface area contributed by atoms with Crippen molar-refractivity contribution in [2.75, 3.05) is 31.1 Å². The molecule has 3 rings (SSSR count). The van der Waals surface area contributed by atoms with Crippen molar-refractivity contribution in [2.24, 2.45) is 0 Å². The molecular formula is C20H21N5O4S. The van der Waals surface area contributed by atoms with E-state index in [-0.39, 0.29) is 17.4 Å². The highest BCUT2D eigenvalue weighted by molar-refractivity contribution is 7.99. The van der Waals surface area contributed by atoms with E-state index in [4.69, 9.17) is 15.3 Å². The third-order valence-electron chi connectivity index (χ3n) is 4.19. The number of nitrogens with zero attached hydrogens (tertiary/aromatic N) is 3. The number of carbonyl (C=O) groups excluding carboxylic acids is 2. The predicted octanol–water partition coefficient (Wildman–Crippen LogP) is 2.61. The lowest BCUT2D eigenvalue weighted by Gasteiger charge is -2.09. The second kappa shape index (κ2) is 9.31. The van der Waals surface area contributed by atoms with Gasteiger partial charge >= 0.3 is 0 Å². The quantitative estimate of drug-likeness (QED) is 0.320. The van der Waals surface area contributed by atoms with E-state index < -0.39 is 0 Å². The summed E-state index contributed by atoms with van der Waals surface area (Å²) in [5, 5.41) is 11.3. The standard InChI is InChI=1S/C20H21N5O4S/c1-12(26)13-5-4-6-15(9-13)22-18(27)11-30-20-24-23-19(25(20)21)14-7-8-16(28-2)17(10-14)29-3/h4-10H,11,21H2,1-3H3,(H,22,27). The number of carbonyl (C=O) groups is 2. The first-order valence-electron chi connectivity index (χ1n) is 8.89. The summed E-state index contributed by atoms with van der Waals surface area (Å²) in [5.41, 5.74) is 1.77. The first kappa shape index (κ1) is 21.2. The van der Waals surface area contributed by atoms with E-state index in [1.54, 1.807) is 56.7 Å². The van der Waals surface area contributed by atoms with Gasteiger partial charge in [-0.05, 0) is 37.3 Å². The molecule has 156 valence electrons. The topological polar surface area (TPSA) is 121 Å². The lowest BCUT2D eigenvalue weighted by Crippen LogP contribution is -2.16. The number of nitrogens with two attached hydrogens (primary N) is 1. The molecule has 0 spiro atoms. The number of rotatable bonds is 8. The molecule has 1 heterocycles. The molecule has 9 nitrogen and oxygen atoms in total. The molecule has 0 saturated carbocycles. The van der Waals surface area contributed by atoms with Gasteiger partial charge in [-0.15, -0.1) is 10.2 Å². The molecule has 3 aromatic rings. The smallest absolute Gasteiger partial charge is 0.234 e. The fourth-order valence-electron chi connectivity index (χ4n) is 2.69. The van der Waals surface area contributed by atoms with Gasteiger partial charge in [0.05, 0.1) is 20.0 Å². The lowest BCUT2D eigenvalue weighted by atomic mass is 10.1. The SMILES string of the molecule is COc1ccc(-c2nnc(SCC(=O)Nc3cccc(C(C)=O)c3)n2N)cc1OC. The number of Topliss-reactive ketones (excluding diaryl/α,β-unsaturated/α-hetero) is 1. The Kier molecular flexibility index (Phi) is 6.58. The molecule has 0 aliphatic carbocycles. The Balaban J connectivity index is 1.67. The summed E-state index contributed by atoms with van der Waals surface area (Å²) in [5.74, 6) is 7.42. The maximum atomic E-state index is 12.3. The molecular weight excluding hydrogens is 406 g/mol. The van der Waals surface area contributed by atoms with Gasteiger partial charge in [-0.1, -0.05) is 23.9 Å². The van der Waals surface area contributed by atoms with E-state index in [0.717, 1.165) is 11.8 Å². The van der Waals surface area contributed by atoms with E-state index in [9.17, 15) is 9.59 Å². The van der Waals surface area contributed by atoms with Gasteiger partial charge in [0.1, 0.15) is 0 Å². The van der Waals surface area contributed by atoms with Crippen LogP contribution in [0, 0.1) is 0 Å². The van der Waals surface area contributed by atoms with E-state index in [0.29, 0.717) is 39.3 Å². The average Bonchev–Trinajstić information content (AvgIpc) is 3.12. The van der Waals surface area contributed by atoms with Crippen LogP contribution in [0.1, 0.15) is 17.3 Å². The second-order valence-corrected chi connectivity index (χ2v) is 7.16. The van der Waals surface area contributed by atoms with Crippen molar-refractivity contribution in [3.63, 3.8) is 0 Å². The van der Waals surface area contributed by atoms with Crippen molar-refractivity contribution in [3.05, 3.63) is 48.0 Å². The summed E-state index contributed by atoms with van der Waals surface area (Å²) in [7, 11) is 3.10. The van der Waals surface area contributed by atoms with Crippen LogP contribution in [0.4, 0.5) is 5.69 Å². The molecule has 0 aliphatic heterocycles. The summed E-state index contributed by atoms with van der Waals surface area (Å²) < 4.78 is 11.8. The van der Waals surface area contributed by atoms with Crippen LogP contribution in [0.3, 0.4) is 0 Å². The number of benzene rings is 2. The van der Waals surface area contributed by atoms with Gasteiger partial charge in [0.2, 0.25) is 11.1 Å². The maximum Gasteiger partial charge on any atom is 0.234 e. The van der Waals surface area contributed by atoms with Crippen LogP contribution in [0.25, 0.3) is 11.4 Å². The number of thioether (sulfide) groups is 1. The summed E-state index contributed by atoms with van der Waals surface area (Å²) >= 11 is 1.15. The summed E-state index contributed by atoms with van der Waals surface area (Å²) in [6.45, 7) is 1.47. The largest absolute Gasteiger partial charge is 0.493 e. The molecule has 1 amide bonds. The van der Waals surface area contributed by atoms with Gasteiger partial charge in [0.15, 0.2) is 23.1 Å². The first-order valence-corrected chi connectivity index (χ1v) is 9.88.